The predicted octanol–water partition coefficient (Wildman–Crippen LogP) is 1.87. The highest BCUT2D eigenvalue weighted by atomic mass is 16.5. The molecule has 20 heavy (non-hydrogen) atoms. The summed E-state index contributed by atoms with van der Waals surface area (Å²) in [4.78, 5) is 16.3. The van der Waals surface area contributed by atoms with Gasteiger partial charge in [-0.3, -0.25) is 9.69 Å². The third-order valence-corrected chi connectivity index (χ3v) is 3.57. The zero-order chi connectivity index (χ0) is 13.8. The van der Waals surface area contributed by atoms with Crippen molar-refractivity contribution >= 4 is 0 Å². The maximum Gasteiger partial charge on any atom is 0.248 e. The molecule has 1 N–H and O–H groups in total. The first-order valence-corrected chi connectivity index (χ1v) is 6.89. The molecular weight excluding hydrogens is 252 g/mol. The summed E-state index contributed by atoms with van der Waals surface area (Å²) < 4.78 is 5.35. The molecule has 2 aromatic rings. The zero-order valence-corrected chi connectivity index (χ0v) is 11.3. The van der Waals surface area contributed by atoms with Gasteiger partial charge in [0.15, 0.2) is 0 Å². The van der Waals surface area contributed by atoms with Crippen LogP contribution in [0.3, 0.4) is 0 Å². The van der Waals surface area contributed by atoms with E-state index in [4.69, 9.17) is 4.74 Å². The lowest BCUT2D eigenvalue weighted by atomic mass is 10.0. The Bertz CT molecular complexity index is 613. The number of nitrogens with one attached hydrogen (secondary N) is 1. The van der Waals surface area contributed by atoms with Gasteiger partial charge in [-0.15, -0.1) is 0 Å². The van der Waals surface area contributed by atoms with E-state index in [0.29, 0.717) is 0 Å². The Balaban J connectivity index is 1.72. The molecule has 4 heteroatoms. The predicted molar refractivity (Wildman–Crippen MR) is 78.6 cm³/mol. The van der Waals surface area contributed by atoms with E-state index in [-0.39, 0.29) is 5.56 Å². The average Bonchev–Trinajstić information content (AvgIpc) is 2.49. The number of hydrogen-bond acceptors (Lipinski definition) is 3. The first kappa shape index (κ1) is 13.1. The molecule has 1 aliphatic heterocycles. The second-order valence-electron chi connectivity index (χ2n) is 5.03. The summed E-state index contributed by atoms with van der Waals surface area (Å²) in [5.41, 5.74) is 3.24. The van der Waals surface area contributed by atoms with E-state index in [1.807, 2.05) is 6.07 Å². The molecule has 1 fully saturated rings. The molecule has 0 atom stereocenters. The van der Waals surface area contributed by atoms with Crippen LogP contribution in [0.4, 0.5) is 0 Å². The molecule has 0 saturated carbocycles. The molecule has 1 aliphatic rings. The van der Waals surface area contributed by atoms with Gasteiger partial charge in [0, 0.05) is 31.9 Å². The molecule has 0 bridgehead atoms. The molecule has 0 radical (unpaired) electrons. The number of ether oxygens (including phenoxy) is 1. The average molecular weight is 270 g/mol. The van der Waals surface area contributed by atoms with E-state index in [2.05, 4.69) is 34.1 Å². The second-order valence-corrected chi connectivity index (χ2v) is 5.03. The van der Waals surface area contributed by atoms with Gasteiger partial charge in [-0.05, 0) is 22.8 Å². The van der Waals surface area contributed by atoms with Crippen molar-refractivity contribution in [1.29, 1.82) is 0 Å². The molecule has 4 nitrogen and oxygen atoms in total. The summed E-state index contributed by atoms with van der Waals surface area (Å²) in [5.74, 6) is 0. The SMILES string of the molecule is O=c1cc(-c2ccc(CN3CCOCC3)cc2)cc[nH]1. The molecule has 0 spiro atoms. The minimum absolute atomic E-state index is 0.0695. The minimum atomic E-state index is -0.0695. The Morgan fingerprint density at radius 2 is 1.80 bits per heavy atom. The summed E-state index contributed by atoms with van der Waals surface area (Å²) in [6.07, 6.45) is 1.68. The lowest BCUT2D eigenvalue weighted by Gasteiger charge is -2.26. The van der Waals surface area contributed by atoms with Gasteiger partial charge in [0.25, 0.3) is 0 Å². The number of aromatic nitrogens is 1. The van der Waals surface area contributed by atoms with Gasteiger partial charge in [0.05, 0.1) is 13.2 Å². The number of nitrogens with zero attached hydrogens (tertiary/aromatic N) is 1. The van der Waals surface area contributed by atoms with Crippen LogP contribution in [0.5, 0.6) is 0 Å². The standard InChI is InChI=1S/C16H18N2O2/c19-16-11-15(5-6-17-16)14-3-1-13(2-4-14)12-18-7-9-20-10-8-18/h1-6,11H,7-10,12H2,(H,17,19). The van der Waals surface area contributed by atoms with Crippen LogP contribution < -0.4 is 5.56 Å². The Hall–Kier alpha value is -1.91. The van der Waals surface area contributed by atoms with Gasteiger partial charge in [-0.25, -0.2) is 0 Å². The van der Waals surface area contributed by atoms with Crippen molar-refractivity contribution in [2.75, 3.05) is 26.3 Å². The van der Waals surface area contributed by atoms with E-state index < -0.39 is 0 Å². The van der Waals surface area contributed by atoms with Gasteiger partial charge in [-0.2, -0.15) is 0 Å². The van der Waals surface area contributed by atoms with Crippen molar-refractivity contribution in [3.63, 3.8) is 0 Å². The molecular formula is C16H18N2O2. The highest BCUT2D eigenvalue weighted by Gasteiger charge is 2.10. The van der Waals surface area contributed by atoms with Crippen LogP contribution in [0, 0.1) is 0 Å². The van der Waals surface area contributed by atoms with Crippen LogP contribution in [-0.2, 0) is 11.3 Å². The Morgan fingerprint density at radius 1 is 1.05 bits per heavy atom. The molecule has 0 aliphatic carbocycles. The van der Waals surface area contributed by atoms with Crippen LogP contribution in [0.25, 0.3) is 11.1 Å². The van der Waals surface area contributed by atoms with E-state index >= 15 is 0 Å². The smallest absolute Gasteiger partial charge is 0.248 e. The van der Waals surface area contributed by atoms with E-state index in [0.717, 1.165) is 44.0 Å². The fraction of sp³-hybridized carbons (Fsp3) is 0.312. The third kappa shape index (κ3) is 3.15. The second kappa shape index (κ2) is 6.03. The molecule has 1 saturated heterocycles. The van der Waals surface area contributed by atoms with E-state index in [9.17, 15) is 4.79 Å². The normalized spacial score (nSPS) is 16.2. The lowest BCUT2D eigenvalue weighted by molar-refractivity contribution is 0.0342. The topological polar surface area (TPSA) is 45.3 Å². The number of H-pyrrole nitrogens is 1. The summed E-state index contributed by atoms with van der Waals surface area (Å²) in [6.45, 7) is 4.60. The minimum Gasteiger partial charge on any atom is -0.379 e. The number of hydrogen-bond donors (Lipinski definition) is 1. The molecule has 0 unspecified atom stereocenters. The van der Waals surface area contributed by atoms with Gasteiger partial charge in [0.2, 0.25) is 5.56 Å². The fourth-order valence-electron chi connectivity index (χ4n) is 2.44. The van der Waals surface area contributed by atoms with Gasteiger partial charge < -0.3 is 9.72 Å². The summed E-state index contributed by atoms with van der Waals surface area (Å²) in [7, 11) is 0. The molecule has 104 valence electrons. The maximum atomic E-state index is 11.3. The highest BCUT2D eigenvalue weighted by molar-refractivity contribution is 5.62. The Labute approximate surface area is 118 Å². The van der Waals surface area contributed by atoms with Gasteiger partial charge >= 0.3 is 0 Å². The number of pyridine rings is 1. The van der Waals surface area contributed by atoms with Crippen molar-refractivity contribution in [3.05, 3.63) is 58.5 Å². The summed E-state index contributed by atoms with van der Waals surface area (Å²) >= 11 is 0. The number of aromatic amines is 1. The first-order chi connectivity index (χ1) is 9.81. The Morgan fingerprint density at radius 3 is 2.50 bits per heavy atom. The quantitative estimate of drug-likeness (QED) is 0.926. The van der Waals surface area contributed by atoms with Crippen LogP contribution in [-0.4, -0.2) is 36.2 Å². The third-order valence-electron chi connectivity index (χ3n) is 3.57. The lowest BCUT2D eigenvalue weighted by Crippen LogP contribution is -2.35. The molecule has 1 aromatic heterocycles. The molecule has 2 heterocycles. The van der Waals surface area contributed by atoms with Crippen molar-refractivity contribution in [2.24, 2.45) is 0 Å². The van der Waals surface area contributed by atoms with Crippen LogP contribution >= 0.6 is 0 Å². The summed E-state index contributed by atoms with van der Waals surface area (Å²) in [6, 6.07) is 11.9. The van der Waals surface area contributed by atoms with Crippen LogP contribution in [0.15, 0.2) is 47.4 Å². The highest BCUT2D eigenvalue weighted by Crippen LogP contribution is 2.18. The maximum absolute atomic E-state index is 11.3. The van der Waals surface area contributed by atoms with E-state index in [1.165, 1.54) is 5.56 Å². The number of morpholine rings is 1. The van der Waals surface area contributed by atoms with Crippen LogP contribution in [0.1, 0.15) is 5.56 Å². The van der Waals surface area contributed by atoms with Crippen molar-refractivity contribution in [3.8, 4) is 11.1 Å². The fourth-order valence-corrected chi connectivity index (χ4v) is 2.44. The zero-order valence-electron chi connectivity index (χ0n) is 11.3. The number of rotatable bonds is 3. The van der Waals surface area contributed by atoms with Crippen molar-refractivity contribution in [1.82, 2.24) is 9.88 Å². The molecule has 3 rings (SSSR count). The van der Waals surface area contributed by atoms with E-state index in [1.54, 1.807) is 12.3 Å². The first-order valence-electron chi connectivity index (χ1n) is 6.89. The van der Waals surface area contributed by atoms with Crippen molar-refractivity contribution in [2.45, 2.75) is 6.54 Å². The number of benzene rings is 1. The van der Waals surface area contributed by atoms with Gasteiger partial charge in [-0.1, -0.05) is 24.3 Å². The monoisotopic (exact) mass is 270 g/mol. The molecule has 0 amide bonds. The Kier molecular flexibility index (Phi) is 3.95. The molecule has 1 aromatic carbocycles. The van der Waals surface area contributed by atoms with Crippen LogP contribution in [0.2, 0.25) is 0 Å². The summed E-state index contributed by atoms with van der Waals surface area (Å²) in [5, 5.41) is 0. The van der Waals surface area contributed by atoms with Gasteiger partial charge in [0.1, 0.15) is 0 Å². The largest absolute Gasteiger partial charge is 0.379 e. The van der Waals surface area contributed by atoms with Crippen molar-refractivity contribution < 1.29 is 4.74 Å².